The Hall–Kier alpha value is -3.59. The summed E-state index contributed by atoms with van der Waals surface area (Å²) in [5, 5.41) is 13.6. The summed E-state index contributed by atoms with van der Waals surface area (Å²) in [6.45, 7) is 0.517. The molecule has 8 nitrogen and oxygen atoms in total. The lowest BCUT2D eigenvalue weighted by Gasteiger charge is -2.08. The predicted octanol–water partition coefficient (Wildman–Crippen LogP) is 4.52. The maximum absolute atomic E-state index is 5.52. The largest absolute Gasteiger partial charge is 0.467 e. The number of rotatable bonds is 7. The SMILES string of the molecule is c1cncc(-c2nnc(SCc3cc(-c4ccco4)on3)n2Cc2ccco2)c1. The van der Waals surface area contributed by atoms with E-state index in [1.54, 1.807) is 24.9 Å². The smallest absolute Gasteiger partial charge is 0.202 e. The minimum absolute atomic E-state index is 0.517. The van der Waals surface area contributed by atoms with Gasteiger partial charge in [-0.25, -0.2) is 0 Å². The molecule has 5 rings (SSSR count). The zero-order chi connectivity index (χ0) is 19.5. The van der Waals surface area contributed by atoms with E-state index in [0.717, 1.165) is 28.0 Å². The third-order valence-corrected chi connectivity index (χ3v) is 5.20. The molecule has 0 bridgehead atoms. The first-order valence-corrected chi connectivity index (χ1v) is 9.83. The van der Waals surface area contributed by atoms with E-state index in [1.807, 2.05) is 47.0 Å². The van der Waals surface area contributed by atoms with Crippen molar-refractivity contribution in [1.29, 1.82) is 0 Å². The van der Waals surface area contributed by atoms with Crippen LogP contribution >= 0.6 is 11.8 Å². The summed E-state index contributed by atoms with van der Waals surface area (Å²) < 4.78 is 18.2. The highest BCUT2D eigenvalue weighted by atomic mass is 32.2. The lowest BCUT2D eigenvalue weighted by Crippen LogP contribution is -2.03. The van der Waals surface area contributed by atoms with Gasteiger partial charge >= 0.3 is 0 Å². The number of pyridine rings is 1. The number of hydrogen-bond donors (Lipinski definition) is 0. The highest BCUT2D eigenvalue weighted by Gasteiger charge is 2.17. The summed E-state index contributed by atoms with van der Waals surface area (Å²) in [6.07, 6.45) is 6.75. The van der Waals surface area contributed by atoms with Crippen LogP contribution in [-0.2, 0) is 12.3 Å². The summed E-state index contributed by atoms with van der Waals surface area (Å²) in [6, 6.07) is 13.1. The van der Waals surface area contributed by atoms with Crippen molar-refractivity contribution in [3.05, 3.63) is 78.8 Å². The van der Waals surface area contributed by atoms with E-state index >= 15 is 0 Å². The topological polar surface area (TPSA) is 95.9 Å². The second kappa shape index (κ2) is 7.80. The van der Waals surface area contributed by atoms with E-state index < -0.39 is 0 Å². The van der Waals surface area contributed by atoms with Crippen LogP contribution in [0.25, 0.3) is 22.9 Å². The number of aromatic nitrogens is 5. The normalized spacial score (nSPS) is 11.2. The molecule has 0 saturated heterocycles. The van der Waals surface area contributed by atoms with Crippen molar-refractivity contribution >= 4 is 11.8 Å². The van der Waals surface area contributed by atoms with Gasteiger partial charge in [0.1, 0.15) is 5.76 Å². The molecule has 0 amide bonds. The lowest BCUT2D eigenvalue weighted by molar-refractivity contribution is 0.413. The van der Waals surface area contributed by atoms with Crippen LogP contribution in [0, 0.1) is 0 Å². The fraction of sp³-hybridized carbons (Fsp3) is 0.100. The van der Waals surface area contributed by atoms with Gasteiger partial charge in [0.15, 0.2) is 16.7 Å². The molecular formula is C20H15N5O3S. The quantitative estimate of drug-likeness (QED) is 0.365. The molecule has 0 aliphatic carbocycles. The van der Waals surface area contributed by atoms with E-state index in [1.165, 1.54) is 11.8 Å². The van der Waals surface area contributed by atoms with Crippen LogP contribution in [0.15, 0.2) is 85.9 Å². The molecule has 0 radical (unpaired) electrons. The molecule has 5 heterocycles. The third-order valence-electron chi connectivity index (χ3n) is 4.20. The van der Waals surface area contributed by atoms with E-state index in [0.29, 0.717) is 23.8 Å². The van der Waals surface area contributed by atoms with Crippen LogP contribution in [0.2, 0.25) is 0 Å². The number of furan rings is 2. The molecule has 0 aliphatic rings. The average molecular weight is 405 g/mol. The Kier molecular flexibility index (Phi) is 4.71. The Labute approximate surface area is 169 Å². The molecule has 0 unspecified atom stereocenters. The standard InChI is InChI=1S/C20H15N5O3S/c1-4-14(11-21-7-1)19-22-23-20(25(19)12-16-5-2-8-26-16)29-13-15-10-18(28-24-15)17-6-3-9-27-17/h1-11H,12-13H2. The van der Waals surface area contributed by atoms with E-state index in [4.69, 9.17) is 13.4 Å². The Bertz CT molecular complexity index is 1180. The first kappa shape index (κ1) is 17.5. The van der Waals surface area contributed by atoms with Gasteiger partial charge in [-0.1, -0.05) is 16.9 Å². The Morgan fingerprint density at radius 1 is 0.966 bits per heavy atom. The van der Waals surface area contributed by atoms with Crippen LogP contribution in [-0.4, -0.2) is 24.9 Å². The third kappa shape index (κ3) is 3.72. The molecule has 0 fully saturated rings. The van der Waals surface area contributed by atoms with Crippen LogP contribution in [0.1, 0.15) is 11.5 Å². The lowest BCUT2D eigenvalue weighted by atomic mass is 10.2. The van der Waals surface area contributed by atoms with Crippen LogP contribution < -0.4 is 0 Å². The summed E-state index contributed by atoms with van der Waals surface area (Å²) in [4.78, 5) is 4.19. The van der Waals surface area contributed by atoms with Gasteiger partial charge in [0.05, 0.1) is 24.8 Å². The number of thioether (sulfide) groups is 1. The minimum atomic E-state index is 0.517. The molecular weight excluding hydrogens is 390 g/mol. The van der Waals surface area contributed by atoms with E-state index in [9.17, 15) is 0 Å². The molecule has 0 aliphatic heterocycles. The summed E-state index contributed by atoms with van der Waals surface area (Å²) in [5.41, 5.74) is 1.68. The van der Waals surface area contributed by atoms with Gasteiger partial charge in [0.25, 0.3) is 0 Å². The molecule has 0 N–H and O–H groups in total. The molecule has 5 aromatic heterocycles. The van der Waals surface area contributed by atoms with Crippen molar-refractivity contribution in [2.24, 2.45) is 0 Å². The highest BCUT2D eigenvalue weighted by molar-refractivity contribution is 7.98. The van der Waals surface area contributed by atoms with Crippen molar-refractivity contribution in [1.82, 2.24) is 24.9 Å². The second-order valence-corrected chi connectivity index (χ2v) is 7.10. The average Bonchev–Trinajstić information content (AvgIpc) is 3.55. The van der Waals surface area contributed by atoms with Gasteiger partial charge in [-0.05, 0) is 36.4 Å². The maximum atomic E-state index is 5.52. The van der Waals surface area contributed by atoms with Crippen molar-refractivity contribution in [2.75, 3.05) is 0 Å². The predicted molar refractivity (Wildman–Crippen MR) is 105 cm³/mol. The fourth-order valence-electron chi connectivity index (χ4n) is 2.86. The van der Waals surface area contributed by atoms with Crippen molar-refractivity contribution in [2.45, 2.75) is 17.5 Å². The molecule has 0 atom stereocenters. The van der Waals surface area contributed by atoms with Crippen LogP contribution in [0.3, 0.4) is 0 Å². The summed E-state index contributed by atoms with van der Waals surface area (Å²) in [7, 11) is 0. The van der Waals surface area contributed by atoms with Gasteiger partial charge in [-0.15, -0.1) is 10.2 Å². The maximum Gasteiger partial charge on any atom is 0.202 e. The molecule has 0 aromatic carbocycles. The van der Waals surface area contributed by atoms with E-state index in [2.05, 4.69) is 20.3 Å². The monoisotopic (exact) mass is 405 g/mol. The van der Waals surface area contributed by atoms with Crippen molar-refractivity contribution in [3.63, 3.8) is 0 Å². The van der Waals surface area contributed by atoms with Gasteiger partial charge in [-0.2, -0.15) is 0 Å². The molecule has 29 heavy (non-hydrogen) atoms. The van der Waals surface area contributed by atoms with Crippen molar-refractivity contribution in [3.8, 4) is 22.9 Å². The molecule has 144 valence electrons. The minimum Gasteiger partial charge on any atom is -0.467 e. The molecule has 9 heteroatoms. The van der Waals surface area contributed by atoms with E-state index in [-0.39, 0.29) is 0 Å². The zero-order valence-corrected chi connectivity index (χ0v) is 16.0. The van der Waals surface area contributed by atoms with Gasteiger partial charge in [0, 0.05) is 29.8 Å². The first-order valence-electron chi connectivity index (χ1n) is 8.85. The highest BCUT2D eigenvalue weighted by Crippen LogP contribution is 2.28. The van der Waals surface area contributed by atoms with Crippen LogP contribution in [0.5, 0.6) is 0 Å². The Morgan fingerprint density at radius 2 is 1.90 bits per heavy atom. The van der Waals surface area contributed by atoms with Gasteiger partial charge < -0.3 is 13.4 Å². The Morgan fingerprint density at radius 3 is 2.69 bits per heavy atom. The van der Waals surface area contributed by atoms with Gasteiger partial charge in [0.2, 0.25) is 5.76 Å². The van der Waals surface area contributed by atoms with Crippen molar-refractivity contribution < 1.29 is 13.4 Å². The summed E-state index contributed by atoms with van der Waals surface area (Å²) in [5.74, 6) is 3.37. The number of nitrogens with zero attached hydrogens (tertiary/aromatic N) is 5. The molecule has 0 saturated carbocycles. The molecule has 0 spiro atoms. The fourth-order valence-corrected chi connectivity index (χ4v) is 3.68. The van der Waals surface area contributed by atoms with Gasteiger partial charge in [-0.3, -0.25) is 9.55 Å². The zero-order valence-electron chi connectivity index (χ0n) is 15.1. The first-order chi connectivity index (χ1) is 14.4. The number of hydrogen-bond acceptors (Lipinski definition) is 8. The summed E-state index contributed by atoms with van der Waals surface area (Å²) >= 11 is 1.52. The second-order valence-electron chi connectivity index (χ2n) is 6.16. The molecule has 5 aromatic rings. The Balaban J connectivity index is 1.40. The van der Waals surface area contributed by atoms with Crippen LogP contribution in [0.4, 0.5) is 0 Å².